The predicted molar refractivity (Wildman–Crippen MR) is 63.1 cm³/mol. The molecular formula is C12H21N3O. The summed E-state index contributed by atoms with van der Waals surface area (Å²) in [5.74, 6) is 0.905. The number of imidazole rings is 1. The standard InChI is InChI=1S/C12H21N3O/c1-4-16-12(2,3)11-14-8-10(15-11)7-13-9-5-6-9/h8-9,13H,4-7H2,1-3H3,(H,14,15). The minimum atomic E-state index is -0.327. The predicted octanol–water partition coefficient (Wildman–Crippen LogP) is 1.93. The Morgan fingerprint density at radius 1 is 1.56 bits per heavy atom. The maximum absolute atomic E-state index is 5.65. The van der Waals surface area contributed by atoms with Crippen LogP contribution in [-0.4, -0.2) is 22.6 Å². The lowest BCUT2D eigenvalue weighted by Crippen LogP contribution is -2.23. The van der Waals surface area contributed by atoms with Gasteiger partial charge >= 0.3 is 0 Å². The lowest BCUT2D eigenvalue weighted by molar-refractivity contribution is -0.0202. The van der Waals surface area contributed by atoms with Crippen molar-refractivity contribution < 1.29 is 4.74 Å². The Morgan fingerprint density at radius 3 is 2.94 bits per heavy atom. The molecule has 1 aromatic heterocycles. The van der Waals surface area contributed by atoms with Crippen molar-refractivity contribution in [1.82, 2.24) is 15.3 Å². The van der Waals surface area contributed by atoms with Gasteiger partial charge in [0.25, 0.3) is 0 Å². The van der Waals surface area contributed by atoms with Gasteiger partial charge in [0.15, 0.2) is 0 Å². The Hall–Kier alpha value is -0.870. The van der Waals surface area contributed by atoms with Crippen LogP contribution in [0.1, 0.15) is 45.1 Å². The Morgan fingerprint density at radius 2 is 2.31 bits per heavy atom. The van der Waals surface area contributed by atoms with Crippen LogP contribution in [0.15, 0.2) is 6.20 Å². The average Bonchev–Trinajstić information content (AvgIpc) is 2.92. The molecule has 1 aliphatic carbocycles. The summed E-state index contributed by atoms with van der Waals surface area (Å²) in [7, 11) is 0. The van der Waals surface area contributed by atoms with Crippen LogP contribution in [0.2, 0.25) is 0 Å². The molecule has 0 atom stereocenters. The first kappa shape index (κ1) is 11.6. The van der Waals surface area contributed by atoms with Gasteiger partial charge in [0.1, 0.15) is 11.4 Å². The number of ether oxygens (including phenoxy) is 1. The first-order valence-electron chi connectivity index (χ1n) is 6.03. The van der Waals surface area contributed by atoms with E-state index in [9.17, 15) is 0 Å². The Bertz CT molecular complexity index is 342. The highest BCUT2D eigenvalue weighted by atomic mass is 16.5. The van der Waals surface area contributed by atoms with Crippen molar-refractivity contribution >= 4 is 0 Å². The number of hydrogen-bond donors (Lipinski definition) is 2. The zero-order valence-corrected chi connectivity index (χ0v) is 10.3. The maximum atomic E-state index is 5.65. The van der Waals surface area contributed by atoms with Gasteiger partial charge in [-0.15, -0.1) is 0 Å². The largest absolute Gasteiger partial charge is 0.368 e. The monoisotopic (exact) mass is 223 g/mol. The van der Waals surface area contributed by atoms with Crippen molar-refractivity contribution in [3.8, 4) is 0 Å². The Balaban J connectivity index is 1.94. The molecule has 0 saturated heterocycles. The normalized spacial score (nSPS) is 16.7. The van der Waals surface area contributed by atoms with E-state index < -0.39 is 0 Å². The highest BCUT2D eigenvalue weighted by Crippen LogP contribution is 2.22. The van der Waals surface area contributed by atoms with E-state index in [0.29, 0.717) is 6.61 Å². The first-order valence-corrected chi connectivity index (χ1v) is 6.03. The molecular weight excluding hydrogens is 202 g/mol. The second-order valence-electron chi connectivity index (χ2n) is 4.86. The van der Waals surface area contributed by atoms with Crippen molar-refractivity contribution in [2.24, 2.45) is 0 Å². The van der Waals surface area contributed by atoms with E-state index in [1.165, 1.54) is 12.8 Å². The van der Waals surface area contributed by atoms with Crippen LogP contribution in [0, 0.1) is 0 Å². The average molecular weight is 223 g/mol. The minimum absolute atomic E-state index is 0.327. The number of nitrogens with one attached hydrogen (secondary N) is 2. The molecule has 1 fully saturated rings. The lowest BCUT2D eigenvalue weighted by atomic mass is 10.1. The zero-order chi connectivity index (χ0) is 11.6. The fourth-order valence-electron chi connectivity index (χ4n) is 1.73. The third-order valence-electron chi connectivity index (χ3n) is 2.86. The number of aromatic nitrogens is 2. The highest BCUT2D eigenvalue weighted by Gasteiger charge is 2.25. The number of H-pyrrole nitrogens is 1. The molecule has 16 heavy (non-hydrogen) atoms. The number of rotatable bonds is 6. The molecule has 1 heterocycles. The summed E-state index contributed by atoms with van der Waals surface area (Å²) < 4.78 is 5.65. The summed E-state index contributed by atoms with van der Waals surface area (Å²) in [6.45, 7) is 7.64. The van der Waals surface area contributed by atoms with Crippen LogP contribution < -0.4 is 5.32 Å². The quantitative estimate of drug-likeness (QED) is 0.774. The van der Waals surface area contributed by atoms with Gasteiger partial charge < -0.3 is 15.0 Å². The van der Waals surface area contributed by atoms with Gasteiger partial charge in [-0.3, -0.25) is 0 Å². The van der Waals surface area contributed by atoms with E-state index >= 15 is 0 Å². The van der Waals surface area contributed by atoms with Crippen molar-refractivity contribution in [3.05, 3.63) is 17.7 Å². The van der Waals surface area contributed by atoms with Gasteiger partial charge in [-0.05, 0) is 33.6 Å². The third kappa shape index (κ3) is 2.83. The van der Waals surface area contributed by atoms with Gasteiger partial charge in [-0.1, -0.05) is 0 Å². The van der Waals surface area contributed by atoms with Crippen LogP contribution in [0.5, 0.6) is 0 Å². The van der Waals surface area contributed by atoms with Crippen molar-refractivity contribution in [2.45, 2.75) is 51.8 Å². The summed E-state index contributed by atoms with van der Waals surface area (Å²) in [4.78, 5) is 7.71. The molecule has 0 spiro atoms. The smallest absolute Gasteiger partial charge is 0.138 e. The zero-order valence-electron chi connectivity index (χ0n) is 10.3. The Kier molecular flexibility index (Phi) is 3.30. The third-order valence-corrected chi connectivity index (χ3v) is 2.86. The van der Waals surface area contributed by atoms with Crippen LogP contribution in [0.4, 0.5) is 0 Å². The van der Waals surface area contributed by atoms with Crippen LogP contribution in [0.25, 0.3) is 0 Å². The molecule has 0 aliphatic heterocycles. The molecule has 0 bridgehead atoms. The van der Waals surface area contributed by atoms with E-state index in [2.05, 4.69) is 15.3 Å². The molecule has 90 valence electrons. The van der Waals surface area contributed by atoms with Crippen LogP contribution in [0.3, 0.4) is 0 Å². The number of hydrogen-bond acceptors (Lipinski definition) is 3. The first-order chi connectivity index (χ1) is 7.62. The van der Waals surface area contributed by atoms with Gasteiger partial charge in [-0.2, -0.15) is 0 Å². The van der Waals surface area contributed by atoms with E-state index in [0.717, 1.165) is 24.1 Å². The van der Waals surface area contributed by atoms with Crippen LogP contribution in [-0.2, 0) is 16.9 Å². The lowest BCUT2D eigenvalue weighted by Gasteiger charge is -2.21. The molecule has 1 aliphatic rings. The molecule has 0 unspecified atom stereocenters. The maximum Gasteiger partial charge on any atom is 0.138 e. The van der Waals surface area contributed by atoms with Gasteiger partial charge in [-0.25, -0.2) is 4.98 Å². The van der Waals surface area contributed by atoms with Crippen molar-refractivity contribution in [1.29, 1.82) is 0 Å². The second kappa shape index (κ2) is 4.55. The number of aromatic amines is 1. The topological polar surface area (TPSA) is 49.9 Å². The number of nitrogens with zero attached hydrogens (tertiary/aromatic N) is 1. The summed E-state index contributed by atoms with van der Waals surface area (Å²) in [6.07, 6.45) is 4.52. The fraction of sp³-hybridized carbons (Fsp3) is 0.750. The summed E-state index contributed by atoms with van der Waals surface area (Å²) in [5, 5.41) is 3.46. The van der Waals surface area contributed by atoms with Gasteiger partial charge in [0.2, 0.25) is 0 Å². The van der Waals surface area contributed by atoms with Crippen molar-refractivity contribution in [2.75, 3.05) is 6.61 Å². The summed E-state index contributed by atoms with van der Waals surface area (Å²) in [5.41, 5.74) is 0.807. The summed E-state index contributed by atoms with van der Waals surface area (Å²) in [6, 6.07) is 0.728. The van der Waals surface area contributed by atoms with Crippen LogP contribution >= 0.6 is 0 Å². The minimum Gasteiger partial charge on any atom is -0.368 e. The molecule has 1 aromatic rings. The van der Waals surface area contributed by atoms with Gasteiger partial charge in [0.05, 0.1) is 0 Å². The molecule has 2 N–H and O–H groups in total. The fourth-order valence-corrected chi connectivity index (χ4v) is 1.73. The molecule has 0 amide bonds. The van der Waals surface area contributed by atoms with E-state index in [-0.39, 0.29) is 5.60 Å². The molecule has 2 rings (SSSR count). The summed E-state index contributed by atoms with van der Waals surface area (Å²) >= 11 is 0. The van der Waals surface area contributed by atoms with Gasteiger partial charge in [0, 0.05) is 31.1 Å². The Labute approximate surface area is 96.8 Å². The highest BCUT2D eigenvalue weighted by molar-refractivity contribution is 5.07. The molecule has 0 radical (unpaired) electrons. The van der Waals surface area contributed by atoms with E-state index in [4.69, 9.17) is 4.74 Å². The molecule has 0 aromatic carbocycles. The second-order valence-corrected chi connectivity index (χ2v) is 4.86. The van der Waals surface area contributed by atoms with E-state index in [1.54, 1.807) is 0 Å². The molecule has 4 nitrogen and oxygen atoms in total. The van der Waals surface area contributed by atoms with Crippen molar-refractivity contribution in [3.63, 3.8) is 0 Å². The SMILES string of the molecule is CCOC(C)(C)c1ncc(CNC2CC2)[nH]1. The molecule has 4 heteroatoms. The van der Waals surface area contributed by atoms with E-state index in [1.807, 2.05) is 27.0 Å². The molecule has 1 saturated carbocycles.